The van der Waals surface area contributed by atoms with Crippen LogP contribution >= 0.6 is 11.3 Å². The molecular weight excluding hydrogens is 236 g/mol. The van der Waals surface area contributed by atoms with Crippen molar-refractivity contribution >= 4 is 22.5 Å². The van der Waals surface area contributed by atoms with Gasteiger partial charge < -0.3 is 5.32 Å². The van der Waals surface area contributed by atoms with E-state index in [-0.39, 0.29) is 6.03 Å². The van der Waals surface area contributed by atoms with Gasteiger partial charge in [-0.3, -0.25) is 10.3 Å². The second-order valence-corrected chi connectivity index (χ2v) is 4.64. The fourth-order valence-corrected chi connectivity index (χ4v) is 1.89. The van der Waals surface area contributed by atoms with E-state index in [1.165, 1.54) is 11.3 Å². The van der Waals surface area contributed by atoms with Gasteiger partial charge in [0.1, 0.15) is 0 Å². The smallest absolute Gasteiger partial charge is 0.321 e. The van der Waals surface area contributed by atoms with Crippen molar-refractivity contribution in [3.63, 3.8) is 0 Å². The van der Waals surface area contributed by atoms with Gasteiger partial charge in [0.2, 0.25) is 0 Å². The second kappa shape index (κ2) is 5.40. The van der Waals surface area contributed by atoms with Crippen LogP contribution < -0.4 is 10.6 Å². The Labute approximate surface area is 103 Å². The maximum atomic E-state index is 11.5. The molecule has 2 aromatic rings. The number of aromatic nitrogens is 2. The van der Waals surface area contributed by atoms with Crippen LogP contribution in [0.1, 0.15) is 10.6 Å². The van der Waals surface area contributed by atoms with Crippen molar-refractivity contribution in [3.05, 3.63) is 41.2 Å². The summed E-state index contributed by atoms with van der Waals surface area (Å²) in [5.41, 5.74) is 0.818. The van der Waals surface area contributed by atoms with Gasteiger partial charge in [-0.2, -0.15) is 0 Å². The maximum absolute atomic E-state index is 11.5. The maximum Gasteiger partial charge on any atom is 0.321 e. The summed E-state index contributed by atoms with van der Waals surface area (Å²) in [6, 6.07) is 5.30. The van der Waals surface area contributed by atoms with Crippen LogP contribution in [0, 0.1) is 6.92 Å². The first-order valence-corrected chi connectivity index (χ1v) is 5.93. The first kappa shape index (κ1) is 11.5. The summed E-state index contributed by atoms with van der Waals surface area (Å²) in [4.78, 5) is 20.7. The molecule has 2 aromatic heterocycles. The average molecular weight is 248 g/mol. The van der Waals surface area contributed by atoms with E-state index in [0.717, 1.165) is 10.6 Å². The van der Waals surface area contributed by atoms with Crippen molar-refractivity contribution in [2.45, 2.75) is 13.5 Å². The third-order valence-corrected chi connectivity index (χ3v) is 2.83. The van der Waals surface area contributed by atoms with Gasteiger partial charge in [-0.15, -0.1) is 11.3 Å². The van der Waals surface area contributed by atoms with Gasteiger partial charge in [-0.1, -0.05) is 6.07 Å². The Balaban J connectivity index is 1.82. The zero-order valence-electron chi connectivity index (χ0n) is 9.30. The largest absolute Gasteiger partial charge is 0.332 e. The van der Waals surface area contributed by atoms with Crippen LogP contribution in [0.3, 0.4) is 0 Å². The number of hydrogen-bond donors (Lipinski definition) is 2. The summed E-state index contributed by atoms with van der Waals surface area (Å²) < 4.78 is 0. The van der Waals surface area contributed by atoms with Crippen LogP contribution in [0.5, 0.6) is 0 Å². The predicted molar refractivity (Wildman–Crippen MR) is 66.9 cm³/mol. The van der Waals surface area contributed by atoms with Crippen LogP contribution in [0.2, 0.25) is 0 Å². The van der Waals surface area contributed by atoms with Crippen LogP contribution in [-0.4, -0.2) is 16.0 Å². The Kier molecular flexibility index (Phi) is 3.66. The first-order chi connectivity index (χ1) is 8.24. The summed E-state index contributed by atoms with van der Waals surface area (Å²) in [5, 5.41) is 5.97. The first-order valence-electron chi connectivity index (χ1n) is 5.11. The summed E-state index contributed by atoms with van der Waals surface area (Å²) in [6.45, 7) is 2.34. The molecule has 88 valence electrons. The van der Waals surface area contributed by atoms with E-state index >= 15 is 0 Å². The number of anilines is 1. The Morgan fingerprint density at radius 1 is 1.41 bits per heavy atom. The van der Waals surface area contributed by atoms with Crippen LogP contribution in [0.25, 0.3) is 0 Å². The average Bonchev–Trinajstić information content (AvgIpc) is 2.73. The second-order valence-electron chi connectivity index (χ2n) is 3.40. The summed E-state index contributed by atoms with van der Waals surface area (Å²) >= 11 is 1.44. The molecule has 0 saturated carbocycles. The molecule has 2 amide bonds. The molecule has 0 bridgehead atoms. The molecule has 6 heteroatoms. The number of thiazole rings is 1. The van der Waals surface area contributed by atoms with E-state index in [2.05, 4.69) is 20.6 Å². The molecule has 0 aliphatic rings. The highest BCUT2D eigenvalue weighted by atomic mass is 32.1. The molecule has 0 aliphatic heterocycles. The van der Waals surface area contributed by atoms with Gasteiger partial charge in [-0.25, -0.2) is 9.78 Å². The van der Waals surface area contributed by atoms with Crippen molar-refractivity contribution in [1.29, 1.82) is 0 Å². The minimum atomic E-state index is -0.273. The van der Waals surface area contributed by atoms with Gasteiger partial charge in [0.25, 0.3) is 0 Å². The Morgan fingerprint density at radius 3 is 2.94 bits per heavy atom. The number of urea groups is 1. The molecule has 0 atom stereocenters. The monoisotopic (exact) mass is 248 g/mol. The normalized spacial score (nSPS) is 9.94. The number of rotatable bonds is 3. The lowest BCUT2D eigenvalue weighted by molar-refractivity contribution is 0.251. The minimum absolute atomic E-state index is 0.273. The molecule has 0 radical (unpaired) electrons. The van der Waals surface area contributed by atoms with E-state index in [0.29, 0.717) is 11.7 Å². The van der Waals surface area contributed by atoms with Crippen LogP contribution in [0.4, 0.5) is 9.93 Å². The van der Waals surface area contributed by atoms with Crippen molar-refractivity contribution in [2.75, 3.05) is 5.32 Å². The molecule has 5 nitrogen and oxygen atoms in total. The molecule has 0 spiro atoms. The van der Waals surface area contributed by atoms with E-state index < -0.39 is 0 Å². The number of nitrogens with one attached hydrogen (secondary N) is 2. The van der Waals surface area contributed by atoms with E-state index in [9.17, 15) is 4.79 Å². The molecular formula is C11H12N4OS. The van der Waals surface area contributed by atoms with E-state index in [1.807, 2.05) is 25.1 Å². The van der Waals surface area contributed by atoms with Crippen molar-refractivity contribution < 1.29 is 4.79 Å². The number of nitrogens with zero attached hydrogens (tertiary/aromatic N) is 2. The molecule has 2 rings (SSSR count). The highest BCUT2D eigenvalue weighted by Crippen LogP contribution is 2.15. The van der Waals surface area contributed by atoms with E-state index in [4.69, 9.17) is 0 Å². The van der Waals surface area contributed by atoms with Crippen LogP contribution in [0.15, 0.2) is 30.6 Å². The van der Waals surface area contributed by atoms with Gasteiger partial charge in [0.15, 0.2) is 5.13 Å². The number of carbonyl (C=O) groups is 1. The predicted octanol–water partition coefficient (Wildman–Crippen LogP) is 2.17. The zero-order valence-corrected chi connectivity index (χ0v) is 10.1. The van der Waals surface area contributed by atoms with Gasteiger partial charge in [0.05, 0.1) is 12.2 Å². The molecule has 0 saturated heterocycles. The van der Waals surface area contributed by atoms with Crippen molar-refractivity contribution in [3.8, 4) is 0 Å². The molecule has 17 heavy (non-hydrogen) atoms. The fraction of sp³-hybridized carbons (Fsp3) is 0.182. The third-order valence-electron chi connectivity index (χ3n) is 2.00. The summed E-state index contributed by atoms with van der Waals surface area (Å²) in [5.74, 6) is 0. The molecule has 0 fully saturated rings. The quantitative estimate of drug-likeness (QED) is 0.874. The van der Waals surface area contributed by atoms with Crippen molar-refractivity contribution in [1.82, 2.24) is 15.3 Å². The molecule has 0 aliphatic carbocycles. The van der Waals surface area contributed by atoms with Crippen LogP contribution in [-0.2, 0) is 6.54 Å². The van der Waals surface area contributed by atoms with Crippen molar-refractivity contribution in [2.24, 2.45) is 0 Å². The number of amides is 2. The number of pyridine rings is 1. The fourth-order valence-electron chi connectivity index (χ4n) is 1.23. The molecule has 0 aromatic carbocycles. The van der Waals surface area contributed by atoms with E-state index in [1.54, 1.807) is 12.4 Å². The highest BCUT2D eigenvalue weighted by molar-refractivity contribution is 7.15. The Bertz CT molecular complexity index is 497. The third kappa shape index (κ3) is 3.53. The lowest BCUT2D eigenvalue weighted by Crippen LogP contribution is -2.28. The SMILES string of the molecule is Cc1cnc(NC(=O)NCc2ccccn2)s1. The molecule has 2 heterocycles. The molecule has 2 N–H and O–H groups in total. The topological polar surface area (TPSA) is 66.9 Å². The number of hydrogen-bond acceptors (Lipinski definition) is 4. The zero-order chi connectivity index (χ0) is 12.1. The lowest BCUT2D eigenvalue weighted by atomic mass is 10.3. The Hall–Kier alpha value is -1.95. The lowest BCUT2D eigenvalue weighted by Gasteiger charge is -2.04. The highest BCUT2D eigenvalue weighted by Gasteiger charge is 2.04. The van der Waals surface area contributed by atoms with Gasteiger partial charge in [0, 0.05) is 17.3 Å². The number of aryl methyl sites for hydroxylation is 1. The minimum Gasteiger partial charge on any atom is -0.332 e. The standard InChI is InChI=1S/C11H12N4OS/c1-8-6-14-11(17-8)15-10(16)13-7-9-4-2-3-5-12-9/h2-6H,7H2,1H3,(H2,13,14,15,16). The van der Waals surface area contributed by atoms with Gasteiger partial charge in [-0.05, 0) is 19.1 Å². The Morgan fingerprint density at radius 2 is 2.29 bits per heavy atom. The summed E-state index contributed by atoms with van der Waals surface area (Å²) in [7, 11) is 0. The van der Waals surface area contributed by atoms with Gasteiger partial charge >= 0.3 is 6.03 Å². The number of carbonyl (C=O) groups excluding carboxylic acids is 1. The summed E-state index contributed by atoms with van der Waals surface area (Å²) in [6.07, 6.45) is 3.41. The molecule has 0 unspecified atom stereocenters.